The molecule has 2 rings (SSSR count). The van der Waals surface area contributed by atoms with Crippen LogP contribution in [0.3, 0.4) is 0 Å². The van der Waals surface area contributed by atoms with Crippen LogP contribution in [0.1, 0.15) is 45.0 Å². The van der Waals surface area contributed by atoms with Crippen molar-refractivity contribution >= 4 is 29.7 Å². The third-order valence-electron chi connectivity index (χ3n) is 4.46. The van der Waals surface area contributed by atoms with E-state index in [1.165, 1.54) is 38.1 Å². The van der Waals surface area contributed by atoms with Gasteiger partial charge in [0.25, 0.3) is 0 Å². The van der Waals surface area contributed by atoms with Crippen LogP contribution < -0.4 is 4.74 Å². The average Bonchev–Trinajstić information content (AvgIpc) is 2.70. The van der Waals surface area contributed by atoms with Gasteiger partial charge in [-0.1, -0.05) is 0 Å². The van der Waals surface area contributed by atoms with Gasteiger partial charge in [0.15, 0.2) is 18.0 Å². The third-order valence-corrected chi connectivity index (χ3v) is 4.46. The Balaban J connectivity index is 2.43. The van der Waals surface area contributed by atoms with Crippen LogP contribution in [0, 0.1) is 0 Å². The number of benzene rings is 1. The maximum absolute atomic E-state index is 11.8. The summed E-state index contributed by atoms with van der Waals surface area (Å²) in [7, 11) is 0. The predicted octanol–water partition coefficient (Wildman–Crippen LogP) is 1.35. The molecule has 33 heavy (non-hydrogen) atoms. The van der Waals surface area contributed by atoms with Gasteiger partial charge in [0, 0.05) is 33.3 Å². The van der Waals surface area contributed by atoms with Gasteiger partial charge in [0.2, 0.25) is 12.4 Å². The highest BCUT2D eigenvalue weighted by Crippen LogP contribution is 2.31. The van der Waals surface area contributed by atoms with Gasteiger partial charge in [-0.15, -0.1) is 0 Å². The van der Waals surface area contributed by atoms with Gasteiger partial charge < -0.3 is 28.4 Å². The second kappa shape index (κ2) is 11.4. The van der Waals surface area contributed by atoms with Crippen molar-refractivity contribution in [1.82, 2.24) is 0 Å². The molecule has 0 aliphatic carbocycles. The molecule has 0 N–H and O–H groups in total. The van der Waals surface area contributed by atoms with Crippen molar-refractivity contribution in [3.63, 3.8) is 0 Å². The molecule has 1 aliphatic heterocycles. The number of esters is 4. The highest BCUT2D eigenvalue weighted by molar-refractivity contribution is 5.94. The molecular formula is C22H26O11. The number of carbonyl (C=O) groups is 5. The lowest BCUT2D eigenvalue weighted by atomic mass is 9.98. The number of ether oxygens (including phenoxy) is 6. The topological polar surface area (TPSA) is 141 Å². The SMILES string of the molecule is CC(=O)OCC1O[C@H](Oc2ccc(C(C)=O)cc2)C(OC(C)=O)C(OC(C)=O)[C@@H]1OC(C)=O. The standard InChI is InChI=1S/C22H26O11/c1-11(23)16-6-8-17(9-7-16)32-22-21(31-15(5)27)20(30-14(4)26)19(29-13(3)25)18(33-22)10-28-12(2)24/h6-9,18-22H,10H2,1-5H3/t18?,19-,20?,21?,22+/m1/s1. The van der Waals surface area contributed by atoms with E-state index in [4.69, 9.17) is 28.4 Å². The smallest absolute Gasteiger partial charge is 0.303 e. The van der Waals surface area contributed by atoms with Crippen molar-refractivity contribution in [1.29, 1.82) is 0 Å². The van der Waals surface area contributed by atoms with Crippen molar-refractivity contribution in [2.24, 2.45) is 0 Å². The van der Waals surface area contributed by atoms with Crippen molar-refractivity contribution in [3.05, 3.63) is 29.8 Å². The molecule has 1 aromatic carbocycles. The first kappa shape index (κ1) is 25.8. The number of hydrogen-bond donors (Lipinski definition) is 0. The van der Waals surface area contributed by atoms with Crippen LogP contribution in [0.15, 0.2) is 24.3 Å². The minimum atomic E-state index is -1.34. The second-order valence-electron chi connectivity index (χ2n) is 7.27. The minimum absolute atomic E-state index is 0.145. The molecule has 1 heterocycles. The Labute approximate surface area is 190 Å². The Kier molecular flexibility index (Phi) is 8.92. The molecule has 3 unspecified atom stereocenters. The van der Waals surface area contributed by atoms with Crippen molar-refractivity contribution in [2.45, 2.75) is 65.3 Å². The second-order valence-corrected chi connectivity index (χ2v) is 7.27. The van der Waals surface area contributed by atoms with Gasteiger partial charge in [0.05, 0.1) is 0 Å². The zero-order valence-electron chi connectivity index (χ0n) is 18.9. The summed E-state index contributed by atoms with van der Waals surface area (Å²) in [4.78, 5) is 58.2. The Morgan fingerprint density at radius 1 is 0.727 bits per heavy atom. The minimum Gasteiger partial charge on any atom is -0.463 e. The molecule has 1 aliphatic rings. The molecule has 0 saturated carbocycles. The zero-order valence-corrected chi connectivity index (χ0v) is 18.9. The lowest BCUT2D eigenvalue weighted by Gasteiger charge is -2.43. The summed E-state index contributed by atoms with van der Waals surface area (Å²) in [6, 6.07) is 6.07. The summed E-state index contributed by atoms with van der Waals surface area (Å²) in [5, 5.41) is 0. The fourth-order valence-electron chi connectivity index (χ4n) is 3.19. The molecule has 0 amide bonds. The van der Waals surface area contributed by atoms with E-state index in [9.17, 15) is 24.0 Å². The molecular weight excluding hydrogens is 440 g/mol. The first-order valence-electron chi connectivity index (χ1n) is 10.1. The number of rotatable bonds is 8. The van der Waals surface area contributed by atoms with Crippen LogP contribution in [-0.2, 0) is 42.9 Å². The van der Waals surface area contributed by atoms with E-state index in [0.29, 0.717) is 5.56 Å². The van der Waals surface area contributed by atoms with Gasteiger partial charge >= 0.3 is 23.9 Å². The predicted molar refractivity (Wildman–Crippen MR) is 109 cm³/mol. The maximum Gasteiger partial charge on any atom is 0.303 e. The van der Waals surface area contributed by atoms with E-state index in [2.05, 4.69) is 0 Å². The van der Waals surface area contributed by atoms with E-state index in [1.54, 1.807) is 0 Å². The van der Waals surface area contributed by atoms with E-state index in [-0.39, 0.29) is 18.1 Å². The summed E-state index contributed by atoms with van der Waals surface area (Å²) in [6.07, 6.45) is -6.39. The van der Waals surface area contributed by atoms with Gasteiger partial charge in [-0.25, -0.2) is 0 Å². The molecule has 0 spiro atoms. The Bertz CT molecular complexity index is 892. The molecule has 0 radical (unpaired) electrons. The summed E-state index contributed by atoms with van der Waals surface area (Å²) in [5.41, 5.74) is 0.448. The molecule has 1 saturated heterocycles. The molecule has 5 atom stereocenters. The lowest BCUT2D eigenvalue weighted by Crippen LogP contribution is -2.63. The van der Waals surface area contributed by atoms with Gasteiger partial charge in [-0.3, -0.25) is 24.0 Å². The Morgan fingerprint density at radius 3 is 1.73 bits per heavy atom. The monoisotopic (exact) mass is 466 g/mol. The van der Waals surface area contributed by atoms with Crippen molar-refractivity contribution in [3.8, 4) is 5.75 Å². The summed E-state index contributed by atoms with van der Waals surface area (Å²) >= 11 is 0. The quantitative estimate of drug-likeness (QED) is 0.311. The molecule has 11 nitrogen and oxygen atoms in total. The summed E-state index contributed by atoms with van der Waals surface area (Å²) < 4.78 is 32.6. The molecule has 1 aromatic rings. The van der Waals surface area contributed by atoms with Crippen LogP contribution >= 0.6 is 0 Å². The number of Topliss-reactive ketones (excluding diaryl/α,β-unsaturated/α-hetero) is 1. The maximum atomic E-state index is 11.8. The van der Waals surface area contributed by atoms with Gasteiger partial charge in [-0.2, -0.15) is 0 Å². The third kappa shape index (κ3) is 7.56. The summed E-state index contributed by atoms with van der Waals surface area (Å²) in [5.74, 6) is -2.72. The van der Waals surface area contributed by atoms with Crippen LogP contribution in [0.25, 0.3) is 0 Å². The van der Waals surface area contributed by atoms with Crippen molar-refractivity contribution < 1.29 is 52.4 Å². The van der Waals surface area contributed by atoms with E-state index in [1.807, 2.05) is 0 Å². The van der Waals surface area contributed by atoms with E-state index >= 15 is 0 Å². The van der Waals surface area contributed by atoms with E-state index < -0.39 is 54.6 Å². The number of carbonyl (C=O) groups excluding carboxylic acids is 5. The average molecular weight is 466 g/mol. The van der Waals surface area contributed by atoms with Gasteiger partial charge in [-0.05, 0) is 31.2 Å². The van der Waals surface area contributed by atoms with Crippen LogP contribution in [0.5, 0.6) is 5.75 Å². The molecule has 180 valence electrons. The van der Waals surface area contributed by atoms with Crippen LogP contribution in [0.2, 0.25) is 0 Å². The zero-order chi connectivity index (χ0) is 24.7. The largest absolute Gasteiger partial charge is 0.463 e. The number of ketones is 1. The molecule has 11 heteroatoms. The first-order valence-corrected chi connectivity index (χ1v) is 10.1. The van der Waals surface area contributed by atoms with Crippen LogP contribution in [-0.4, -0.2) is 67.0 Å². The Morgan fingerprint density at radius 2 is 1.24 bits per heavy atom. The van der Waals surface area contributed by atoms with Crippen molar-refractivity contribution in [2.75, 3.05) is 6.61 Å². The van der Waals surface area contributed by atoms with E-state index in [0.717, 1.165) is 20.8 Å². The summed E-state index contributed by atoms with van der Waals surface area (Å²) in [6.45, 7) is 5.63. The normalized spacial score (nSPS) is 24.2. The Hall–Kier alpha value is -3.47. The van der Waals surface area contributed by atoms with Crippen LogP contribution in [0.4, 0.5) is 0 Å². The van der Waals surface area contributed by atoms with Gasteiger partial charge in [0.1, 0.15) is 18.5 Å². The molecule has 0 bridgehead atoms. The fraction of sp³-hybridized carbons (Fsp3) is 0.500. The highest BCUT2D eigenvalue weighted by atomic mass is 16.7. The molecule has 1 fully saturated rings. The number of hydrogen-bond acceptors (Lipinski definition) is 11. The lowest BCUT2D eigenvalue weighted by molar-refractivity contribution is -0.288. The first-order chi connectivity index (χ1) is 15.5. The highest BCUT2D eigenvalue weighted by Gasteiger charge is 2.53. The fourth-order valence-corrected chi connectivity index (χ4v) is 3.19. The molecule has 0 aromatic heterocycles.